The fourth-order valence-electron chi connectivity index (χ4n) is 5.43. The van der Waals surface area contributed by atoms with Gasteiger partial charge in [0.05, 0.1) is 12.6 Å². The van der Waals surface area contributed by atoms with Gasteiger partial charge in [0, 0.05) is 6.54 Å². The van der Waals surface area contributed by atoms with E-state index in [4.69, 9.17) is 18.4 Å². The number of hydrogen-bond donors (Lipinski definition) is 1. The van der Waals surface area contributed by atoms with Crippen molar-refractivity contribution in [2.45, 2.75) is 109 Å². The lowest BCUT2D eigenvalue weighted by Gasteiger charge is -2.38. The van der Waals surface area contributed by atoms with Crippen LogP contribution in [0.4, 0.5) is 9.59 Å². The Balaban J connectivity index is 1.34. The molecule has 2 saturated heterocycles. The van der Waals surface area contributed by atoms with Gasteiger partial charge in [-0.15, -0.1) is 10.2 Å². The molecule has 1 aromatic carbocycles. The summed E-state index contributed by atoms with van der Waals surface area (Å²) in [6.07, 6.45) is 1.58. The second-order valence-corrected chi connectivity index (χ2v) is 19.1. The number of urea groups is 1. The molecule has 3 fully saturated rings. The third kappa shape index (κ3) is 6.35. The maximum atomic E-state index is 13.6. The van der Waals surface area contributed by atoms with Crippen molar-refractivity contribution in [1.82, 2.24) is 25.5 Å². The zero-order valence-electron chi connectivity index (χ0n) is 26.1. The third-order valence-electron chi connectivity index (χ3n) is 8.97. The van der Waals surface area contributed by atoms with E-state index in [-0.39, 0.29) is 41.0 Å². The number of benzene rings is 1. The molecule has 1 aliphatic carbocycles. The van der Waals surface area contributed by atoms with Gasteiger partial charge in [-0.05, 0) is 69.1 Å². The number of amides is 3. The summed E-state index contributed by atoms with van der Waals surface area (Å²) < 4.78 is 18.4. The molecule has 2 aliphatic heterocycles. The number of rotatable bonds is 9. The summed E-state index contributed by atoms with van der Waals surface area (Å²) in [7, 11) is -2.29. The van der Waals surface area contributed by atoms with Gasteiger partial charge in [-0.25, -0.2) is 9.59 Å². The zero-order valence-corrected chi connectivity index (χ0v) is 27.1. The lowest BCUT2D eigenvalue weighted by molar-refractivity contribution is -0.153. The molecule has 1 aromatic heterocycles. The Kier molecular flexibility index (Phi) is 7.95. The van der Waals surface area contributed by atoms with Crippen molar-refractivity contribution in [3.63, 3.8) is 0 Å². The van der Waals surface area contributed by atoms with E-state index in [9.17, 15) is 9.59 Å². The van der Waals surface area contributed by atoms with Crippen molar-refractivity contribution in [2.75, 3.05) is 13.1 Å². The van der Waals surface area contributed by atoms with E-state index >= 15 is 0 Å². The number of fused-ring (bicyclic) bond motifs is 3. The van der Waals surface area contributed by atoms with Crippen molar-refractivity contribution in [1.29, 1.82) is 0 Å². The molecule has 5 rings (SSSR count). The second kappa shape index (κ2) is 10.9. The van der Waals surface area contributed by atoms with E-state index in [2.05, 4.69) is 49.4 Å². The predicted molar refractivity (Wildman–Crippen MR) is 158 cm³/mol. The lowest BCUT2D eigenvalue weighted by atomic mass is 9.85. The van der Waals surface area contributed by atoms with Crippen molar-refractivity contribution in [2.24, 2.45) is 5.41 Å². The predicted octanol–water partition coefficient (Wildman–Crippen LogP) is 6.12. The first-order valence-electron chi connectivity index (χ1n) is 14.8. The molecule has 3 heterocycles. The maximum absolute atomic E-state index is 13.6. The molecule has 3 atom stereocenters. The maximum Gasteiger partial charge on any atom is 0.407 e. The largest absolute Gasteiger partial charge is 0.444 e. The number of alkyl carbamates (subject to hydrolysis) is 1. The number of piperidine rings is 1. The molecule has 0 radical (unpaired) electrons. The molecule has 42 heavy (non-hydrogen) atoms. The summed E-state index contributed by atoms with van der Waals surface area (Å²) in [6.45, 7) is 17.2. The molecule has 0 unspecified atom stereocenters. The first-order valence-corrected chi connectivity index (χ1v) is 17.7. The van der Waals surface area contributed by atoms with Gasteiger partial charge in [0.1, 0.15) is 24.4 Å². The molecule has 1 saturated carbocycles. The van der Waals surface area contributed by atoms with E-state index in [0.717, 1.165) is 24.8 Å². The molecule has 1 spiro atoms. The van der Waals surface area contributed by atoms with Crippen LogP contribution in [0.5, 0.6) is 0 Å². The highest BCUT2D eigenvalue weighted by Crippen LogP contribution is 2.61. The van der Waals surface area contributed by atoms with Crippen LogP contribution in [0.3, 0.4) is 0 Å². The Morgan fingerprint density at radius 2 is 1.83 bits per heavy atom. The highest BCUT2D eigenvalue weighted by Gasteiger charge is 2.64. The van der Waals surface area contributed by atoms with Crippen LogP contribution in [0, 0.1) is 5.41 Å². The van der Waals surface area contributed by atoms with Crippen LogP contribution in [0.25, 0.3) is 0 Å². The van der Waals surface area contributed by atoms with Crippen LogP contribution in [0.15, 0.2) is 34.7 Å². The fraction of sp³-hybridized carbons (Fsp3) is 0.667. The standard InChI is InChI=1S/C30H45N5O6Si/c1-28(2,3)40-26(36)31-17-22(41-42(7,8)29(4,5)6)25-33-32-24(39-25)21-16-30(14-15-30)23-18-34(21)27(37)35(23)38-19-20-12-10-9-11-13-20/h9-13,21-23H,14-19H2,1-8H3,(H,31,36)/t21-,22-,23-/m0/s1. The molecule has 1 N–H and O–H groups in total. The first kappa shape index (κ1) is 30.5. The van der Waals surface area contributed by atoms with Crippen LogP contribution in [-0.2, 0) is 20.6 Å². The SMILES string of the molecule is CC(C)(C)OC(=O)NC[C@H](O[Si](C)(C)C(C)(C)C)c1nnc([C@@H]2CC3(CC3)[C@@H]3CN2C(=O)N3OCc2ccccc2)o1. The third-order valence-corrected chi connectivity index (χ3v) is 13.5. The van der Waals surface area contributed by atoms with Crippen molar-refractivity contribution in [3.8, 4) is 0 Å². The smallest absolute Gasteiger partial charge is 0.407 e. The zero-order chi connectivity index (χ0) is 30.5. The molecule has 3 aliphatic rings. The van der Waals surface area contributed by atoms with Gasteiger partial charge < -0.3 is 23.8 Å². The molecular formula is C30H45N5O6Si. The summed E-state index contributed by atoms with van der Waals surface area (Å²) in [4.78, 5) is 34.0. The van der Waals surface area contributed by atoms with Crippen molar-refractivity contribution >= 4 is 20.4 Å². The van der Waals surface area contributed by atoms with Gasteiger partial charge in [0.25, 0.3) is 0 Å². The number of hydrogen-bond acceptors (Lipinski definition) is 8. The highest BCUT2D eigenvalue weighted by atomic mass is 28.4. The van der Waals surface area contributed by atoms with E-state index in [1.807, 2.05) is 51.1 Å². The van der Waals surface area contributed by atoms with Crippen molar-refractivity contribution < 1.29 is 28.0 Å². The van der Waals surface area contributed by atoms with Crippen LogP contribution >= 0.6 is 0 Å². The fourth-order valence-corrected chi connectivity index (χ4v) is 6.68. The van der Waals surface area contributed by atoms with Crippen LogP contribution in [0.1, 0.15) is 90.3 Å². The summed E-state index contributed by atoms with van der Waals surface area (Å²) in [5, 5.41) is 13.1. The Bertz CT molecular complexity index is 1280. The Hall–Kier alpha value is -2.96. The number of aromatic nitrogens is 2. The highest BCUT2D eigenvalue weighted by molar-refractivity contribution is 6.74. The summed E-state index contributed by atoms with van der Waals surface area (Å²) in [5.41, 5.74) is 0.363. The van der Waals surface area contributed by atoms with Gasteiger partial charge >= 0.3 is 12.1 Å². The minimum absolute atomic E-state index is 0.0000457. The normalized spacial score (nSPS) is 22.4. The molecule has 3 amide bonds. The van der Waals surface area contributed by atoms with Gasteiger partial charge in [0.2, 0.25) is 11.8 Å². The molecule has 12 heteroatoms. The summed E-state index contributed by atoms with van der Waals surface area (Å²) >= 11 is 0. The quantitative estimate of drug-likeness (QED) is 0.343. The van der Waals surface area contributed by atoms with E-state index in [0.29, 0.717) is 19.0 Å². The van der Waals surface area contributed by atoms with E-state index in [1.165, 1.54) is 0 Å². The molecule has 11 nitrogen and oxygen atoms in total. The van der Waals surface area contributed by atoms with Crippen LogP contribution in [0.2, 0.25) is 18.1 Å². The molecule has 2 aromatic rings. The average Bonchev–Trinajstić information content (AvgIpc) is 3.36. The first-order chi connectivity index (χ1) is 19.6. The summed E-state index contributed by atoms with van der Waals surface area (Å²) in [6, 6.07) is 9.33. The van der Waals surface area contributed by atoms with Crippen LogP contribution in [-0.4, -0.2) is 65.3 Å². The monoisotopic (exact) mass is 599 g/mol. The minimum atomic E-state index is -2.29. The second-order valence-electron chi connectivity index (χ2n) is 14.3. The number of carbonyl (C=O) groups is 2. The number of ether oxygens (including phenoxy) is 1. The minimum Gasteiger partial charge on any atom is -0.444 e. The van der Waals surface area contributed by atoms with Gasteiger partial charge in [-0.3, -0.25) is 4.84 Å². The number of hydroxylamine groups is 2. The van der Waals surface area contributed by atoms with Gasteiger partial charge in [-0.1, -0.05) is 51.1 Å². The molecule has 2 bridgehead atoms. The van der Waals surface area contributed by atoms with Crippen molar-refractivity contribution in [3.05, 3.63) is 47.7 Å². The number of carbonyl (C=O) groups excluding carboxylic acids is 2. The molecule has 230 valence electrons. The Labute approximate surface area is 249 Å². The Morgan fingerprint density at radius 1 is 1.14 bits per heavy atom. The van der Waals surface area contributed by atoms with Gasteiger partial charge in [-0.2, -0.15) is 5.06 Å². The number of nitrogens with zero attached hydrogens (tertiary/aromatic N) is 4. The summed E-state index contributed by atoms with van der Waals surface area (Å²) in [5.74, 6) is 0.663. The van der Waals surface area contributed by atoms with E-state index < -0.39 is 26.1 Å². The average molecular weight is 600 g/mol. The van der Waals surface area contributed by atoms with E-state index in [1.54, 1.807) is 9.96 Å². The molecular weight excluding hydrogens is 554 g/mol. The Morgan fingerprint density at radius 3 is 2.45 bits per heavy atom. The number of nitrogens with one attached hydrogen (secondary N) is 1. The lowest BCUT2D eigenvalue weighted by Crippen LogP contribution is -2.44. The topological polar surface area (TPSA) is 119 Å². The van der Waals surface area contributed by atoms with Crippen LogP contribution < -0.4 is 5.32 Å². The van der Waals surface area contributed by atoms with Gasteiger partial charge in [0.15, 0.2) is 8.32 Å².